The summed E-state index contributed by atoms with van der Waals surface area (Å²) < 4.78 is 5.59. The summed E-state index contributed by atoms with van der Waals surface area (Å²) in [6.45, 7) is 19.8. The molecule has 2 atom stereocenters. The van der Waals surface area contributed by atoms with Crippen molar-refractivity contribution in [2.75, 3.05) is 39.8 Å². The molecule has 0 amide bonds. The summed E-state index contributed by atoms with van der Waals surface area (Å²) in [7, 11) is 1.77. The summed E-state index contributed by atoms with van der Waals surface area (Å²) >= 11 is 0. The SMILES string of the molecule is CCNC(=NCC(C)N(CC)CC)NCC(OC)C(C)(C)C.I. The summed E-state index contributed by atoms with van der Waals surface area (Å²) in [5.74, 6) is 0.868. The van der Waals surface area contributed by atoms with E-state index >= 15 is 0 Å². The standard InChI is InChI=1S/C17H38N4O.HI/c1-9-18-16(19-12-14(4)21(10-2)11-3)20-13-15(22-8)17(5,6)7;/h14-15H,9-13H2,1-8H3,(H2,18,19,20);1H. The van der Waals surface area contributed by atoms with Gasteiger partial charge in [-0.2, -0.15) is 0 Å². The van der Waals surface area contributed by atoms with Gasteiger partial charge in [0.15, 0.2) is 5.96 Å². The molecule has 0 saturated carbocycles. The fraction of sp³-hybridized carbons (Fsp3) is 0.941. The molecule has 0 aliphatic carbocycles. The molecule has 0 aliphatic heterocycles. The zero-order valence-electron chi connectivity index (χ0n) is 16.4. The molecule has 0 aromatic rings. The second kappa shape index (κ2) is 13.2. The van der Waals surface area contributed by atoms with Gasteiger partial charge < -0.3 is 15.4 Å². The maximum atomic E-state index is 5.59. The lowest BCUT2D eigenvalue weighted by molar-refractivity contribution is 0.0205. The number of nitrogens with zero attached hydrogens (tertiary/aromatic N) is 2. The summed E-state index contributed by atoms with van der Waals surface area (Å²) in [5.41, 5.74) is 0.105. The molecule has 0 rings (SSSR count). The predicted octanol–water partition coefficient (Wildman–Crippen LogP) is 2.95. The molecule has 5 nitrogen and oxygen atoms in total. The van der Waals surface area contributed by atoms with Gasteiger partial charge in [0.2, 0.25) is 0 Å². The lowest BCUT2D eigenvalue weighted by Gasteiger charge is -2.30. The average molecular weight is 442 g/mol. The predicted molar refractivity (Wildman–Crippen MR) is 112 cm³/mol. The Bertz CT molecular complexity index is 314. The molecule has 0 aromatic carbocycles. The number of hydrogen-bond donors (Lipinski definition) is 2. The van der Waals surface area contributed by atoms with Gasteiger partial charge >= 0.3 is 0 Å². The van der Waals surface area contributed by atoms with Crippen molar-refractivity contribution in [3.63, 3.8) is 0 Å². The maximum absolute atomic E-state index is 5.59. The average Bonchev–Trinajstić information content (AvgIpc) is 2.45. The van der Waals surface area contributed by atoms with E-state index in [1.807, 2.05) is 0 Å². The molecule has 0 spiro atoms. The third kappa shape index (κ3) is 10.4. The zero-order chi connectivity index (χ0) is 17.2. The molecular formula is C17H39IN4O. The van der Waals surface area contributed by atoms with E-state index < -0.39 is 0 Å². The summed E-state index contributed by atoms with van der Waals surface area (Å²) in [4.78, 5) is 7.13. The number of hydrogen-bond acceptors (Lipinski definition) is 3. The van der Waals surface area contributed by atoms with Crippen LogP contribution in [0.4, 0.5) is 0 Å². The van der Waals surface area contributed by atoms with Crippen LogP contribution in [-0.2, 0) is 4.74 Å². The Morgan fingerprint density at radius 2 is 1.70 bits per heavy atom. The highest BCUT2D eigenvalue weighted by Gasteiger charge is 2.24. The van der Waals surface area contributed by atoms with Crippen LogP contribution in [0.25, 0.3) is 0 Å². The number of likely N-dealkylation sites (N-methyl/N-ethyl adjacent to an activating group) is 1. The molecule has 0 radical (unpaired) electrons. The second-order valence-corrected chi connectivity index (χ2v) is 6.76. The van der Waals surface area contributed by atoms with Gasteiger partial charge in [0.1, 0.15) is 0 Å². The Labute approximate surface area is 161 Å². The second-order valence-electron chi connectivity index (χ2n) is 6.76. The van der Waals surface area contributed by atoms with Crippen molar-refractivity contribution in [2.24, 2.45) is 10.4 Å². The van der Waals surface area contributed by atoms with Crippen LogP contribution in [0, 0.1) is 5.41 Å². The van der Waals surface area contributed by atoms with E-state index in [1.54, 1.807) is 7.11 Å². The van der Waals surface area contributed by atoms with Crippen molar-refractivity contribution < 1.29 is 4.74 Å². The van der Waals surface area contributed by atoms with Gasteiger partial charge in [-0.1, -0.05) is 34.6 Å². The Balaban J connectivity index is 0. The van der Waals surface area contributed by atoms with Crippen molar-refractivity contribution in [1.82, 2.24) is 15.5 Å². The highest BCUT2D eigenvalue weighted by Crippen LogP contribution is 2.20. The Morgan fingerprint density at radius 1 is 1.13 bits per heavy atom. The third-order valence-corrected chi connectivity index (χ3v) is 4.00. The van der Waals surface area contributed by atoms with Crippen LogP contribution in [0.2, 0.25) is 0 Å². The van der Waals surface area contributed by atoms with Gasteiger partial charge in [-0.25, -0.2) is 0 Å². The molecule has 0 fully saturated rings. The highest BCUT2D eigenvalue weighted by molar-refractivity contribution is 14.0. The van der Waals surface area contributed by atoms with Gasteiger partial charge in [0, 0.05) is 26.2 Å². The number of ether oxygens (including phenoxy) is 1. The number of methoxy groups -OCH3 is 1. The number of guanidine groups is 1. The van der Waals surface area contributed by atoms with E-state index in [-0.39, 0.29) is 35.5 Å². The molecule has 23 heavy (non-hydrogen) atoms. The van der Waals surface area contributed by atoms with Crippen molar-refractivity contribution in [3.05, 3.63) is 0 Å². The minimum Gasteiger partial charge on any atom is -0.379 e. The van der Waals surface area contributed by atoms with Crippen LogP contribution in [0.3, 0.4) is 0 Å². The Hall–Kier alpha value is -0.0800. The highest BCUT2D eigenvalue weighted by atomic mass is 127. The van der Waals surface area contributed by atoms with Crippen LogP contribution in [0.5, 0.6) is 0 Å². The fourth-order valence-electron chi connectivity index (χ4n) is 2.46. The maximum Gasteiger partial charge on any atom is 0.191 e. The summed E-state index contributed by atoms with van der Waals surface area (Å²) in [6.07, 6.45) is 0.150. The molecule has 0 heterocycles. The lowest BCUT2D eigenvalue weighted by Crippen LogP contribution is -2.46. The molecule has 0 aliphatic rings. The van der Waals surface area contributed by atoms with Gasteiger partial charge in [0.25, 0.3) is 0 Å². The van der Waals surface area contributed by atoms with E-state index in [1.165, 1.54) is 0 Å². The van der Waals surface area contributed by atoms with Crippen molar-refractivity contribution in [1.29, 1.82) is 0 Å². The lowest BCUT2D eigenvalue weighted by atomic mass is 9.89. The van der Waals surface area contributed by atoms with Crippen LogP contribution in [0.15, 0.2) is 4.99 Å². The van der Waals surface area contributed by atoms with Crippen molar-refractivity contribution in [3.8, 4) is 0 Å². The van der Waals surface area contributed by atoms with Gasteiger partial charge in [-0.3, -0.25) is 9.89 Å². The minimum absolute atomic E-state index is 0. The van der Waals surface area contributed by atoms with Gasteiger partial charge in [-0.15, -0.1) is 24.0 Å². The summed E-state index contributed by atoms with van der Waals surface area (Å²) in [6, 6.07) is 0.450. The Morgan fingerprint density at radius 3 is 2.09 bits per heavy atom. The molecule has 140 valence electrons. The fourth-order valence-corrected chi connectivity index (χ4v) is 2.46. The van der Waals surface area contributed by atoms with Crippen molar-refractivity contribution in [2.45, 2.75) is 60.6 Å². The molecule has 0 bridgehead atoms. The first-order valence-electron chi connectivity index (χ1n) is 8.59. The molecule has 6 heteroatoms. The summed E-state index contributed by atoms with van der Waals surface area (Å²) in [5, 5.41) is 6.71. The van der Waals surface area contributed by atoms with Gasteiger partial charge in [-0.05, 0) is 32.4 Å². The topological polar surface area (TPSA) is 48.9 Å². The monoisotopic (exact) mass is 442 g/mol. The normalized spacial score (nSPS) is 15.1. The molecular weight excluding hydrogens is 403 g/mol. The van der Waals surface area contributed by atoms with Crippen molar-refractivity contribution >= 4 is 29.9 Å². The Kier molecular flexibility index (Phi) is 14.5. The molecule has 0 aromatic heterocycles. The van der Waals surface area contributed by atoms with E-state index in [2.05, 4.69) is 64.0 Å². The van der Waals surface area contributed by atoms with E-state index in [9.17, 15) is 0 Å². The number of rotatable bonds is 9. The van der Waals surface area contributed by atoms with Crippen LogP contribution < -0.4 is 10.6 Å². The van der Waals surface area contributed by atoms with Crippen LogP contribution >= 0.6 is 24.0 Å². The minimum atomic E-state index is 0. The quantitative estimate of drug-likeness (QED) is 0.328. The van der Waals surface area contributed by atoms with Crippen LogP contribution in [0.1, 0.15) is 48.5 Å². The first-order valence-corrected chi connectivity index (χ1v) is 8.59. The first-order chi connectivity index (χ1) is 10.3. The van der Waals surface area contributed by atoms with E-state index in [0.29, 0.717) is 6.04 Å². The van der Waals surface area contributed by atoms with Gasteiger partial charge in [0.05, 0.1) is 12.6 Å². The van der Waals surface area contributed by atoms with E-state index in [4.69, 9.17) is 9.73 Å². The largest absolute Gasteiger partial charge is 0.379 e. The number of aliphatic imine (C=N–C) groups is 1. The molecule has 0 saturated heterocycles. The molecule has 2 N–H and O–H groups in total. The van der Waals surface area contributed by atoms with E-state index in [0.717, 1.165) is 38.7 Å². The smallest absolute Gasteiger partial charge is 0.191 e. The van der Waals surface area contributed by atoms with Crippen LogP contribution in [-0.4, -0.2) is 62.8 Å². The third-order valence-electron chi connectivity index (χ3n) is 4.00. The first kappa shape index (κ1) is 25.2. The molecule has 2 unspecified atom stereocenters. The number of nitrogens with one attached hydrogen (secondary N) is 2. The zero-order valence-corrected chi connectivity index (χ0v) is 18.7. The number of halogens is 1.